The first-order valence-electron chi connectivity index (χ1n) is 8.38. The lowest BCUT2D eigenvalue weighted by Crippen LogP contribution is -2.42. The van der Waals surface area contributed by atoms with Gasteiger partial charge in [-0.2, -0.15) is 13.2 Å². The largest absolute Gasteiger partial charge is 0.435 e. The summed E-state index contributed by atoms with van der Waals surface area (Å²) in [5.74, 6) is 0. The molecular weight excluding hydrogens is 468 g/mol. The molecule has 2 amide bonds. The van der Waals surface area contributed by atoms with Crippen molar-refractivity contribution in [3.8, 4) is 0 Å². The summed E-state index contributed by atoms with van der Waals surface area (Å²) in [5.41, 5.74) is 2.50. The molecule has 1 aliphatic rings. The summed E-state index contributed by atoms with van der Waals surface area (Å²) < 4.78 is 42.2. The number of nitrogens with zero attached hydrogens (tertiary/aromatic N) is 1. The van der Waals surface area contributed by atoms with Crippen LogP contribution in [0.15, 0.2) is 41.6 Å². The summed E-state index contributed by atoms with van der Waals surface area (Å²) in [5, 5.41) is 6.33. The molecule has 0 saturated carbocycles. The van der Waals surface area contributed by atoms with Gasteiger partial charge in [-0.1, -0.05) is 46.0 Å². The van der Waals surface area contributed by atoms with Crippen LogP contribution in [0.5, 0.6) is 0 Å². The molecule has 6 nitrogen and oxygen atoms in total. The maximum atomic E-state index is 14.1. The molecule has 0 fully saturated rings. The van der Waals surface area contributed by atoms with Crippen molar-refractivity contribution in [3.05, 3.63) is 62.6 Å². The van der Waals surface area contributed by atoms with Gasteiger partial charge < -0.3 is 10.2 Å². The normalized spacial score (nSPS) is 18.4. The number of rotatable bonds is 4. The average molecular weight is 482 g/mol. The minimum Gasteiger partial charge on any atom is -0.374 e. The Labute approximate surface area is 184 Å². The SMILES string of the molecule is CNC(=O)NNc1cc(C2=NOC(c3cc(Cl)cc(Cl)c3)(C(F)(F)F)C2)ccc1Cl. The number of benzene rings is 2. The summed E-state index contributed by atoms with van der Waals surface area (Å²) in [6, 6.07) is 7.46. The first kappa shape index (κ1) is 22.3. The summed E-state index contributed by atoms with van der Waals surface area (Å²) in [6.07, 6.45) is -5.42. The number of oxime groups is 1. The maximum Gasteiger partial charge on any atom is 0.435 e. The minimum atomic E-state index is -4.81. The summed E-state index contributed by atoms with van der Waals surface area (Å²) >= 11 is 17.9. The maximum absolute atomic E-state index is 14.1. The number of amides is 2. The Kier molecular flexibility index (Phi) is 6.26. The van der Waals surface area contributed by atoms with E-state index in [1.165, 1.54) is 31.3 Å². The molecule has 0 aliphatic carbocycles. The van der Waals surface area contributed by atoms with E-state index in [2.05, 4.69) is 21.3 Å². The van der Waals surface area contributed by atoms with Crippen molar-refractivity contribution < 1.29 is 22.8 Å². The smallest absolute Gasteiger partial charge is 0.374 e. The Balaban J connectivity index is 1.94. The second kappa shape index (κ2) is 8.41. The van der Waals surface area contributed by atoms with E-state index in [-0.39, 0.29) is 32.0 Å². The van der Waals surface area contributed by atoms with E-state index in [0.717, 1.165) is 12.1 Å². The van der Waals surface area contributed by atoms with Gasteiger partial charge in [0.15, 0.2) is 0 Å². The highest BCUT2D eigenvalue weighted by Gasteiger charge is 2.62. The summed E-state index contributed by atoms with van der Waals surface area (Å²) in [6.45, 7) is 0. The molecule has 1 heterocycles. The van der Waals surface area contributed by atoms with E-state index in [1.807, 2.05) is 0 Å². The fraction of sp³-hybridized carbons (Fsp3) is 0.222. The second-order valence-electron chi connectivity index (χ2n) is 6.31. The highest BCUT2D eigenvalue weighted by molar-refractivity contribution is 6.34. The predicted octanol–water partition coefficient (Wildman–Crippen LogP) is 5.48. The Hall–Kier alpha value is -2.36. The number of halogens is 6. The number of carbonyl (C=O) groups is 1. The Bertz CT molecular complexity index is 996. The van der Waals surface area contributed by atoms with Gasteiger partial charge in [0, 0.05) is 34.6 Å². The van der Waals surface area contributed by atoms with Crippen molar-refractivity contribution in [2.24, 2.45) is 5.16 Å². The molecule has 1 unspecified atom stereocenters. The van der Waals surface area contributed by atoms with Crippen LogP contribution >= 0.6 is 34.8 Å². The quantitative estimate of drug-likeness (QED) is 0.506. The molecule has 3 rings (SSSR count). The van der Waals surface area contributed by atoms with Gasteiger partial charge in [-0.15, -0.1) is 0 Å². The Morgan fingerprint density at radius 1 is 1.13 bits per heavy atom. The lowest BCUT2D eigenvalue weighted by Gasteiger charge is -2.29. The van der Waals surface area contributed by atoms with E-state index in [9.17, 15) is 18.0 Å². The Morgan fingerprint density at radius 3 is 2.40 bits per heavy atom. The second-order valence-corrected chi connectivity index (χ2v) is 7.59. The van der Waals surface area contributed by atoms with Crippen molar-refractivity contribution >= 4 is 52.2 Å². The number of alkyl halides is 3. The molecule has 160 valence electrons. The van der Waals surface area contributed by atoms with Crippen molar-refractivity contribution in [3.63, 3.8) is 0 Å². The number of hydrazine groups is 1. The first-order valence-corrected chi connectivity index (χ1v) is 9.51. The van der Waals surface area contributed by atoms with E-state index >= 15 is 0 Å². The van der Waals surface area contributed by atoms with Crippen LogP contribution in [0.25, 0.3) is 0 Å². The fourth-order valence-corrected chi connectivity index (χ4v) is 3.52. The molecular formula is C18H14Cl3F3N4O2. The molecule has 0 saturated heterocycles. The molecule has 12 heteroatoms. The summed E-state index contributed by atoms with van der Waals surface area (Å²) in [4.78, 5) is 16.3. The molecule has 30 heavy (non-hydrogen) atoms. The Morgan fingerprint density at radius 2 is 1.80 bits per heavy atom. The highest BCUT2D eigenvalue weighted by Crippen LogP contribution is 2.49. The zero-order valence-corrected chi connectivity index (χ0v) is 17.5. The van der Waals surface area contributed by atoms with E-state index in [0.29, 0.717) is 5.56 Å². The van der Waals surface area contributed by atoms with Gasteiger partial charge in [-0.3, -0.25) is 10.9 Å². The third-order valence-electron chi connectivity index (χ3n) is 4.35. The van der Waals surface area contributed by atoms with Gasteiger partial charge in [0.2, 0.25) is 0 Å². The molecule has 0 radical (unpaired) electrons. The van der Waals surface area contributed by atoms with Crippen LogP contribution in [0, 0.1) is 0 Å². The molecule has 1 atom stereocenters. The van der Waals surface area contributed by atoms with Gasteiger partial charge in [-0.05, 0) is 30.3 Å². The highest BCUT2D eigenvalue weighted by atomic mass is 35.5. The van der Waals surface area contributed by atoms with Crippen molar-refractivity contribution in [1.82, 2.24) is 10.7 Å². The van der Waals surface area contributed by atoms with Crippen molar-refractivity contribution in [2.45, 2.75) is 18.2 Å². The molecule has 0 aromatic heterocycles. The van der Waals surface area contributed by atoms with Crippen LogP contribution in [0.3, 0.4) is 0 Å². The van der Waals surface area contributed by atoms with E-state index in [1.54, 1.807) is 0 Å². The lowest BCUT2D eigenvalue weighted by molar-refractivity contribution is -0.275. The number of nitrogens with one attached hydrogen (secondary N) is 3. The standard InChI is InChI=1S/C18H14Cl3F3N4O2/c1-25-16(29)27-26-14-4-9(2-3-13(14)21)15-8-17(30-28-15,18(22,23)24)10-5-11(19)7-12(20)6-10/h2-7,26H,8H2,1H3,(H2,25,27,29). The van der Waals surface area contributed by atoms with E-state index < -0.39 is 24.2 Å². The van der Waals surface area contributed by atoms with Gasteiger partial charge in [0.05, 0.1) is 16.4 Å². The van der Waals surface area contributed by atoms with Gasteiger partial charge >= 0.3 is 12.2 Å². The third-order valence-corrected chi connectivity index (χ3v) is 5.12. The lowest BCUT2D eigenvalue weighted by atomic mass is 9.86. The number of hydrogen-bond acceptors (Lipinski definition) is 4. The van der Waals surface area contributed by atoms with Crippen LogP contribution in [0.2, 0.25) is 15.1 Å². The minimum absolute atomic E-state index is 0.0306. The molecule has 1 aliphatic heterocycles. The topological polar surface area (TPSA) is 74.8 Å². The molecule has 3 N–H and O–H groups in total. The van der Waals surface area contributed by atoms with Gasteiger partial charge in [0.25, 0.3) is 5.60 Å². The molecule has 0 spiro atoms. The monoisotopic (exact) mass is 480 g/mol. The van der Waals surface area contributed by atoms with Gasteiger partial charge in [-0.25, -0.2) is 4.79 Å². The van der Waals surface area contributed by atoms with Crippen LogP contribution in [-0.4, -0.2) is 25.0 Å². The number of anilines is 1. The number of urea groups is 1. The predicted molar refractivity (Wildman–Crippen MR) is 109 cm³/mol. The van der Waals surface area contributed by atoms with Crippen LogP contribution < -0.4 is 16.2 Å². The first-order chi connectivity index (χ1) is 14.1. The van der Waals surface area contributed by atoms with Gasteiger partial charge in [0.1, 0.15) is 0 Å². The fourth-order valence-electron chi connectivity index (χ4n) is 2.83. The molecule has 2 aromatic rings. The van der Waals surface area contributed by atoms with Crippen LogP contribution in [0.1, 0.15) is 17.5 Å². The van der Waals surface area contributed by atoms with Crippen molar-refractivity contribution in [1.29, 1.82) is 0 Å². The van der Waals surface area contributed by atoms with Crippen LogP contribution in [0.4, 0.5) is 23.7 Å². The molecule has 2 aromatic carbocycles. The number of carbonyl (C=O) groups excluding carboxylic acids is 1. The van der Waals surface area contributed by atoms with E-state index in [4.69, 9.17) is 39.6 Å². The zero-order chi connectivity index (χ0) is 22.1. The van der Waals surface area contributed by atoms with Crippen molar-refractivity contribution in [2.75, 3.05) is 12.5 Å². The number of hydrogen-bond donors (Lipinski definition) is 3. The molecule has 0 bridgehead atoms. The third kappa shape index (κ3) is 4.38. The summed E-state index contributed by atoms with van der Waals surface area (Å²) in [7, 11) is 1.42. The zero-order valence-electron chi connectivity index (χ0n) is 15.2. The average Bonchev–Trinajstić information content (AvgIpc) is 3.13. The van der Waals surface area contributed by atoms with Crippen LogP contribution in [-0.2, 0) is 10.4 Å².